The van der Waals surface area contributed by atoms with Gasteiger partial charge in [-0.15, -0.1) is 0 Å². The molecule has 0 atom stereocenters. The molecule has 1 amide bonds. The van der Waals surface area contributed by atoms with E-state index in [4.69, 9.17) is 34.7 Å². The van der Waals surface area contributed by atoms with Crippen LogP contribution in [0.25, 0.3) is 11.4 Å². The van der Waals surface area contributed by atoms with Gasteiger partial charge < -0.3 is 16.8 Å². The Hall–Kier alpha value is -2.12. The number of primary amides is 1. The van der Waals surface area contributed by atoms with Gasteiger partial charge in [0.1, 0.15) is 0 Å². The summed E-state index contributed by atoms with van der Waals surface area (Å²) in [7, 11) is 0. The highest BCUT2D eigenvalue weighted by atomic mass is 35.5. The lowest BCUT2D eigenvalue weighted by atomic mass is 10.2. The van der Waals surface area contributed by atoms with Crippen LogP contribution in [0.1, 0.15) is 0 Å². The highest BCUT2D eigenvalue weighted by Gasteiger charge is 2.11. The molecule has 0 unspecified atom stereocenters. The van der Waals surface area contributed by atoms with Gasteiger partial charge >= 0.3 is 0 Å². The molecule has 0 saturated carbocycles. The fourth-order valence-electron chi connectivity index (χ4n) is 1.43. The van der Waals surface area contributed by atoms with Gasteiger partial charge in [0.15, 0.2) is 5.82 Å². The first-order valence-corrected chi connectivity index (χ1v) is 6.20. The molecule has 0 aliphatic rings. The molecule has 2 aromatic rings. The van der Waals surface area contributed by atoms with Crippen molar-refractivity contribution >= 4 is 41.0 Å². The molecule has 104 valence electrons. The van der Waals surface area contributed by atoms with Gasteiger partial charge in [-0.2, -0.15) is 15.0 Å². The summed E-state index contributed by atoms with van der Waals surface area (Å²) in [5.41, 5.74) is 11.1. The molecule has 0 aliphatic heterocycles. The number of carbonyl (C=O) groups excluding carboxylic acids is 1. The van der Waals surface area contributed by atoms with Crippen LogP contribution in [0.2, 0.25) is 10.0 Å². The number of rotatable bonds is 4. The van der Waals surface area contributed by atoms with Crippen LogP contribution in [0.5, 0.6) is 0 Å². The van der Waals surface area contributed by atoms with E-state index in [0.717, 1.165) is 0 Å². The summed E-state index contributed by atoms with van der Waals surface area (Å²) in [5.74, 6) is -0.191. The molecule has 0 radical (unpaired) electrons. The van der Waals surface area contributed by atoms with Crippen molar-refractivity contribution < 1.29 is 4.79 Å². The average molecular weight is 313 g/mol. The third-order valence-corrected chi connectivity index (χ3v) is 2.81. The molecule has 0 bridgehead atoms. The first-order chi connectivity index (χ1) is 9.45. The summed E-state index contributed by atoms with van der Waals surface area (Å²) in [6.45, 7) is -0.119. The van der Waals surface area contributed by atoms with Gasteiger partial charge in [-0.25, -0.2) is 0 Å². The van der Waals surface area contributed by atoms with Crippen molar-refractivity contribution in [2.24, 2.45) is 5.73 Å². The highest BCUT2D eigenvalue weighted by Crippen LogP contribution is 2.28. The largest absolute Gasteiger partial charge is 0.368 e. The molecule has 1 heterocycles. The number of nitrogens with two attached hydrogens (primary N) is 2. The molecule has 1 aromatic carbocycles. The van der Waals surface area contributed by atoms with Crippen molar-refractivity contribution in [1.29, 1.82) is 0 Å². The van der Waals surface area contributed by atoms with Gasteiger partial charge in [0.2, 0.25) is 17.8 Å². The SMILES string of the molecule is NC(=O)CNc1nc(N)nc(-c2cc(Cl)ccc2Cl)n1. The van der Waals surface area contributed by atoms with Crippen LogP contribution in [0, 0.1) is 0 Å². The summed E-state index contributed by atoms with van der Waals surface area (Å²) >= 11 is 12.0. The van der Waals surface area contributed by atoms with Crippen molar-refractivity contribution in [2.75, 3.05) is 17.6 Å². The third kappa shape index (κ3) is 3.46. The van der Waals surface area contributed by atoms with Gasteiger partial charge in [0.05, 0.1) is 11.6 Å². The van der Waals surface area contributed by atoms with Gasteiger partial charge in [-0.3, -0.25) is 4.79 Å². The molecule has 0 aliphatic carbocycles. The molecule has 1 aromatic heterocycles. The molecule has 7 nitrogen and oxygen atoms in total. The zero-order valence-electron chi connectivity index (χ0n) is 10.1. The van der Waals surface area contributed by atoms with Gasteiger partial charge in [0.25, 0.3) is 0 Å². The van der Waals surface area contributed by atoms with Crippen molar-refractivity contribution in [3.63, 3.8) is 0 Å². The van der Waals surface area contributed by atoms with Crippen molar-refractivity contribution in [2.45, 2.75) is 0 Å². The Morgan fingerprint density at radius 2 is 2.00 bits per heavy atom. The highest BCUT2D eigenvalue weighted by molar-refractivity contribution is 6.35. The fraction of sp³-hybridized carbons (Fsp3) is 0.0909. The number of aromatic nitrogens is 3. The van der Waals surface area contributed by atoms with E-state index in [1.807, 2.05) is 0 Å². The predicted octanol–water partition coefficient (Wildman–Crippen LogP) is 1.32. The van der Waals surface area contributed by atoms with Crippen molar-refractivity contribution in [3.05, 3.63) is 28.2 Å². The van der Waals surface area contributed by atoms with Crippen LogP contribution in [-0.4, -0.2) is 27.4 Å². The quantitative estimate of drug-likeness (QED) is 0.783. The second kappa shape index (κ2) is 5.89. The predicted molar refractivity (Wildman–Crippen MR) is 77.4 cm³/mol. The van der Waals surface area contributed by atoms with E-state index in [1.165, 1.54) is 0 Å². The second-order valence-corrected chi connectivity index (χ2v) is 4.63. The number of amides is 1. The maximum Gasteiger partial charge on any atom is 0.236 e. The summed E-state index contributed by atoms with van der Waals surface area (Å²) < 4.78 is 0. The minimum absolute atomic E-state index is 0.0157. The molecule has 0 spiro atoms. The molecule has 0 fully saturated rings. The Morgan fingerprint density at radius 3 is 2.70 bits per heavy atom. The van der Waals surface area contributed by atoms with Gasteiger partial charge in [-0.05, 0) is 18.2 Å². The molecule has 20 heavy (non-hydrogen) atoms. The van der Waals surface area contributed by atoms with E-state index in [9.17, 15) is 4.79 Å². The van der Waals surface area contributed by atoms with E-state index < -0.39 is 5.91 Å². The maximum atomic E-state index is 10.7. The minimum atomic E-state index is -0.550. The van der Waals surface area contributed by atoms with E-state index >= 15 is 0 Å². The Balaban J connectivity index is 2.41. The Bertz CT molecular complexity index is 663. The standard InChI is InChI=1S/C11H10Cl2N6O/c12-5-1-2-7(13)6(3-5)9-17-10(15)19-11(18-9)16-4-8(14)20/h1-3H,4H2,(H2,14,20)(H3,15,16,17,18,19). The number of nitrogens with one attached hydrogen (secondary N) is 1. The van der Waals surface area contributed by atoms with Crippen LogP contribution >= 0.6 is 23.2 Å². The lowest BCUT2D eigenvalue weighted by Crippen LogP contribution is -2.23. The second-order valence-electron chi connectivity index (χ2n) is 3.78. The van der Waals surface area contributed by atoms with Crippen LogP contribution < -0.4 is 16.8 Å². The van der Waals surface area contributed by atoms with E-state index in [0.29, 0.717) is 15.6 Å². The summed E-state index contributed by atoms with van der Waals surface area (Å²) in [5, 5.41) is 3.54. The molecule has 5 N–H and O–H groups in total. The molecule has 0 saturated heterocycles. The monoisotopic (exact) mass is 312 g/mol. The number of carbonyl (C=O) groups is 1. The Morgan fingerprint density at radius 1 is 1.25 bits per heavy atom. The first-order valence-electron chi connectivity index (χ1n) is 5.45. The lowest BCUT2D eigenvalue weighted by molar-refractivity contribution is -0.116. The van der Waals surface area contributed by atoms with E-state index in [-0.39, 0.29) is 24.3 Å². The normalized spacial score (nSPS) is 10.3. The number of anilines is 2. The van der Waals surface area contributed by atoms with Crippen molar-refractivity contribution in [3.8, 4) is 11.4 Å². The van der Waals surface area contributed by atoms with Crippen molar-refractivity contribution in [1.82, 2.24) is 15.0 Å². The zero-order chi connectivity index (χ0) is 14.7. The molecular formula is C11H10Cl2N6O. The van der Waals surface area contributed by atoms with Crippen LogP contribution in [0.3, 0.4) is 0 Å². The molecule has 2 rings (SSSR count). The number of nitrogens with zero attached hydrogens (tertiary/aromatic N) is 3. The zero-order valence-corrected chi connectivity index (χ0v) is 11.6. The number of benzene rings is 1. The number of hydrogen-bond donors (Lipinski definition) is 3. The van der Waals surface area contributed by atoms with E-state index in [2.05, 4.69) is 20.3 Å². The van der Waals surface area contributed by atoms with E-state index in [1.54, 1.807) is 18.2 Å². The smallest absolute Gasteiger partial charge is 0.236 e. The number of hydrogen-bond acceptors (Lipinski definition) is 6. The molecular weight excluding hydrogens is 303 g/mol. The van der Waals surface area contributed by atoms with Gasteiger partial charge in [-0.1, -0.05) is 23.2 Å². The fourth-order valence-corrected chi connectivity index (χ4v) is 1.80. The summed E-state index contributed by atoms with van der Waals surface area (Å²) in [4.78, 5) is 22.7. The Labute approximate surface area is 124 Å². The lowest BCUT2D eigenvalue weighted by Gasteiger charge is -2.07. The average Bonchev–Trinajstić information content (AvgIpc) is 2.38. The first kappa shape index (κ1) is 14.3. The third-order valence-electron chi connectivity index (χ3n) is 2.24. The maximum absolute atomic E-state index is 10.7. The number of halogens is 2. The van der Waals surface area contributed by atoms with Crippen LogP contribution in [0.4, 0.5) is 11.9 Å². The van der Waals surface area contributed by atoms with Crippen LogP contribution in [-0.2, 0) is 4.79 Å². The van der Waals surface area contributed by atoms with Gasteiger partial charge in [0, 0.05) is 10.6 Å². The molecule has 9 heteroatoms. The van der Waals surface area contributed by atoms with Crippen LogP contribution in [0.15, 0.2) is 18.2 Å². The minimum Gasteiger partial charge on any atom is -0.368 e. The topological polar surface area (TPSA) is 120 Å². The Kier molecular flexibility index (Phi) is 4.21. The number of nitrogen functional groups attached to an aromatic ring is 1. The summed E-state index contributed by atoms with van der Waals surface area (Å²) in [6, 6.07) is 4.87. The summed E-state index contributed by atoms with van der Waals surface area (Å²) in [6.07, 6.45) is 0.